The van der Waals surface area contributed by atoms with Crippen LogP contribution in [0.4, 0.5) is 11.6 Å². The molecule has 0 saturated carbocycles. The summed E-state index contributed by atoms with van der Waals surface area (Å²) in [6.07, 6.45) is 3.59. The minimum atomic E-state index is 0.296. The van der Waals surface area contributed by atoms with Crippen LogP contribution in [-0.2, 0) is 6.54 Å². The molecular formula is C15H21N5. The standard InChI is InChI=1S/C15H21N5/c1-10(2)13-19-14(16-4)11(3)15(20-13)18-9-12-5-7-17-8-6-12/h5-8,10H,9H2,1-4H3,(H2,16,18,19,20). The van der Waals surface area contributed by atoms with Crippen LogP contribution in [0.15, 0.2) is 24.5 Å². The molecule has 0 aliphatic carbocycles. The molecule has 0 saturated heterocycles. The van der Waals surface area contributed by atoms with Crippen molar-refractivity contribution >= 4 is 11.6 Å². The number of hydrogen-bond acceptors (Lipinski definition) is 5. The van der Waals surface area contributed by atoms with Gasteiger partial charge in [-0.1, -0.05) is 13.8 Å². The summed E-state index contributed by atoms with van der Waals surface area (Å²) in [5.41, 5.74) is 2.21. The van der Waals surface area contributed by atoms with Gasteiger partial charge in [-0.2, -0.15) is 0 Å². The van der Waals surface area contributed by atoms with Crippen molar-refractivity contribution in [2.45, 2.75) is 33.2 Å². The highest BCUT2D eigenvalue weighted by atomic mass is 15.1. The third kappa shape index (κ3) is 3.23. The van der Waals surface area contributed by atoms with Gasteiger partial charge in [-0.25, -0.2) is 9.97 Å². The van der Waals surface area contributed by atoms with Crippen molar-refractivity contribution in [1.82, 2.24) is 15.0 Å². The van der Waals surface area contributed by atoms with Crippen LogP contribution in [0, 0.1) is 6.92 Å². The van der Waals surface area contributed by atoms with E-state index in [2.05, 4.69) is 39.4 Å². The zero-order valence-electron chi connectivity index (χ0n) is 12.4. The Bertz CT molecular complexity index is 566. The maximum Gasteiger partial charge on any atom is 0.135 e. The summed E-state index contributed by atoms with van der Waals surface area (Å²) in [6.45, 7) is 6.93. The normalized spacial score (nSPS) is 10.7. The largest absolute Gasteiger partial charge is 0.373 e. The lowest BCUT2D eigenvalue weighted by Gasteiger charge is -2.15. The van der Waals surface area contributed by atoms with Gasteiger partial charge in [0.05, 0.1) is 0 Å². The van der Waals surface area contributed by atoms with Crippen LogP contribution in [0.1, 0.15) is 36.7 Å². The molecule has 0 aliphatic rings. The van der Waals surface area contributed by atoms with Gasteiger partial charge >= 0.3 is 0 Å². The maximum absolute atomic E-state index is 4.62. The number of pyridine rings is 1. The van der Waals surface area contributed by atoms with Gasteiger partial charge in [0.25, 0.3) is 0 Å². The molecule has 0 amide bonds. The number of hydrogen-bond donors (Lipinski definition) is 2. The van der Waals surface area contributed by atoms with Crippen LogP contribution in [0.25, 0.3) is 0 Å². The van der Waals surface area contributed by atoms with Gasteiger partial charge < -0.3 is 10.6 Å². The summed E-state index contributed by atoms with van der Waals surface area (Å²) in [5.74, 6) is 2.90. The van der Waals surface area contributed by atoms with E-state index >= 15 is 0 Å². The van der Waals surface area contributed by atoms with E-state index in [0.717, 1.165) is 29.6 Å². The molecule has 2 aromatic rings. The average Bonchev–Trinajstić information content (AvgIpc) is 2.47. The van der Waals surface area contributed by atoms with Crippen LogP contribution < -0.4 is 10.6 Å². The molecule has 0 radical (unpaired) electrons. The van der Waals surface area contributed by atoms with Crippen LogP contribution in [0.2, 0.25) is 0 Å². The summed E-state index contributed by atoms with van der Waals surface area (Å²) in [5, 5.41) is 6.51. The van der Waals surface area contributed by atoms with Crippen LogP contribution in [0.5, 0.6) is 0 Å². The first-order chi connectivity index (χ1) is 9.61. The zero-order valence-corrected chi connectivity index (χ0v) is 12.4. The third-order valence-corrected chi connectivity index (χ3v) is 3.13. The van der Waals surface area contributed by atoms with E-state index in [1.54, 1.807) is 12.4 Å². The van der Waals surface area contributed by atoms with E-state index in [9.17, 15) is 0 Å². The molecule has 106 valence electrons. The molecule has 2 aromatic heterocycles. The van der Waals surface area contributed by atoms with Crippen molar-refractivity contribution in [1.29, 1.82) is 0 Å². The van der Waals surface area contributed by atoms with Crippen molar-refractivity contribution in [3.8, 4) is 0 Å². The Morgan fingerprint density at radius 1 is 1.10 bits per heavy atom. The van der Waals surface area contributed by atoms with Crippen molar-refractivity contribution in [3.05, 3.63) is 41.5 Å². The summed E-state index contributed by atoms with van der Waals surface area (Å²) in [7, 11) is 1.88. The van der Waals surface area contributed by atoms with Crippen molar-refractivity contribution in [3.63, 3.8) is 0 Å². The maximum atomic E-state index is 4.62. The van der Waals surface area contributed by atoms with Crippen LogP contribution >= 0.6 is 0 Å². The third-order valence-electron chi connectivity index (χ3n) is 3.13. The molecule has 0 aromatic carbocycles. The molecule has 0 spiro atoms. The van der Waals surface area contributed by atoms with Gasteiger partial charge in [-0.15, -0.1) is 0 Å². The monoisotopic (exact) mass is 271 g/mol. The molecule has 2 N–H and O–H groups in total. The number of nitrogens with zero attached hydrogens (tertiary/aromatic N) is 3. The second-order valence-corrected chi connectivity index (χ2v) is 5.02. The number of rotatable bonds is 5. The van der Waals surface area contributed by atoms with Gasteiger partial charge in [0.15, 0.2) is 0 Å². The fourth-order valence-electron chi connectivity index (χ4n) is 1.89. The SMILES string of the molecule is CNc1nc(C(C)C)nc(NCc2ccncc2)c1C. The van der Waals surface area contributed by atoms with E-state index < -0.39 is 0 Å². The Morgan fingerprint density at radius 2 is 1.75 bits per heavy atom. The van der Waals surface area contributed by atoms with E-state index in [-0.39, 0.29) is 0 Å². The molecule has 2 heterocycles. The van der Waals surface area contributed by atoms with Crippen LogP contribution in [0.3, 0.4) is 0 Å². The van der Waals surface area contributed by atoms with Gasteiger partial charge in [0.1, 0.15) is 17.5 Å². The first-order valence-corrected chi connectivity index (χ1v) is 6.81. The molecule has 5 nitrogen and oxygen atoms in total. The summed E-state index contributed by atoms with van der Waals surface area (Å²) in [4.78, 5) is 13.2. The fourth-order valence-corrected chi connectivity index (χ4v) is 1.89. The lowest BCUT2D eigenvalue weighted by atomic mass is 10.2. The quantitative estimate of drug-likeness (QED) is 0.875. The molecule has 0 atom stereocenters. The molecule has 2 rings (SSSR count). The Labute approximate surface area is 119 Å². The average molecular weight is 271 g/mol. The number of aromatic nitrogens is 3. The predicted molar refractivity (Wildman–Crippen MR) is 82.0 cm³/mol. The number of anilines is 2. The summed E-state index contributed by atoms with van der Waals surface area (Å²) < 4.78 is 0. The van der Waals surface area contributed by atoms with Crippen molar-refractivity contribution in [2.75, 3.05) is 17.7 Å². The van der Waals surface area contributed by atoms with Crippen molar-refractivity contribution in [2.24, 2.45) is 0 Å². The minimum absolute atomic E-state index is 0.296. The van der Waals surface area contributed by atoms with Gasteiger partial charge in [-0.3, -0.25) is 4.98 Å². The lowest BCUT2D eigenvalue weighted by molar-refractivity contribution is 0.773. The van der Waals surface area contributed by atoms with E-state index in [4.69, 9.17) is 0 Å². The van der Waals surface area contributed by atoms with E-state index in [0.29, 0.717) is 5.92 Å². The molecule has 20 heavy (non-hydrogen) atoms. The molecule has 0 bridgehead atoms. The van der Waals surface area contributed by atoms with Crippen LogP contribution in [-0.4, -0.2) is 22.0 Å². The molecule has 5 heteroatoms. The first kappa shape index (κ1) is 14.2. The second kappa shape index (κ2) is 6.32. The van der Waals surface area contributed by atoms with Crippen molar-refractivity contribution < 1.29 is 0 Å². The topological polar surface area (TPSA) is 62.7 Å². The predicted octanol–water partition coefficient (Wildman–Crippen LogP) is 2.96. The lowest BCUT2D eigenvalue weighted by Crippen LogP contribution is -2.10. The molecular weight excluding hydrogens is 250 g/mol. The van der Waals surface area contributed by atoms with Gasteiger partial charge in [-0.05, 0) is 24.6 Å². The van der Waals surface area contributed by atoms with E-state index in [1.165, 1.54) is 5.56 Å². The van der Waals surface area contributed by atoms with Gasteiger partial charge in [0, 0.05) is 37.5 Å². The smallest absolute Gasteiger partial charge is 0.135 e. The summed E-state index contributed by atoms with van der Waals surface area (Å²) >= 11 is 0. The Morgan fingerprint density at radius 3 is 2.35 bits per heavy atom. The highest BCUT2D eigenvalue weighted by molar-refractivity contribution is 5.57. The first-order valence-electron chi connectivity index (χ1n) is 6.81. The number of nitrogens with one attached hydrogen (secondary N) is 2. The molecule has 0 aliphatic heterocycles. The summed E-state index contributed by atoms with van der Waals surface area (Å²) in [6, 6.07) is 3.98. The Kier molecular flexibility index (Phi) is 4.50. The zero-order chi connectivity index (χ0) is 14.5. The second-order valence-electron chi connectivity index (χ2n) is 5.02. The molecule has 0 fully saturated rings. The highest BCUT2D eigenvalue weighted by Crippen LogP contribution is 2.23. The highest BCUT2D eigenvalue weighted by Gasteiger charge is 2.12. The fraction of sp³-hybridized carbons (Fsp3) is 0.400. The molecule has 0 unspecified atom stereocenters. The minimum Gasteiger partial charge on any atom is -0.373 e. The Balaban J connectivity index is 2.24. The van der Waals surface area contributed by atoms with E-state index in [1.807, 2.05) is 26.1 Å². The Hall–Kier alpha value is -2.17. The van der Waals surface area contributed by atoms with Gasteiger partial charge in [0.2, 0.25) is 0 Å².